The van der Waals surface area contributed by atoms with E-state index in [9.17, 15) is 40.0 Å². The van der Waals surface area contributed by atoms with Crippen molar-refractivity contribution in [3.8, 4) is 11.1 Å². The number of nitrogens with zero attached hydrogens (tertiary/aromatic N) is 3. The maximum absolute atomic E-state index is 13.1. The number of nitrogens with one attached hydrogen (secondary N) is 1. The van der Waals surface area contributed by atoms with E-state index in [-0.39, 0.29) is 44.1 Å². The van der Waals surface area contributed by atoms with Gasteiger partial charge in [0.1, 0.15) is 13.2 Å². The SMILES string of the molecule is O=C(NCc1cc(-c2ccccc2)cc(C(O)C2CC(O)CN2C(=O)OCc2ccc([N+](=O)[O-])cc2)c1)OCc1ccc([N+](=O)[O-])cc1. The Balaban J connectivity index is 1.28. The minimum absolute atomic E-state index is 0.0355. The Morgan fingerprint density at radius 3 is 1.98 bits per heavy atom. The summed E-state index contributed by atoms with van der Waals surface area (Å²) in [5.74, 6) is 0. The number of benzene rings is 4. The first-order chi connectivity index (χ1) is 23.1. The molecule has 1 aliphatic rings. The molecular formula is C34H32N4O10. The van der Waals surface area contributed by atoms with E-state index in [4.69, 9.17) is 9.47 Å². The zero-order valence-corrected chi connectivity index (χ0v) is 25.5. The van der Waals surface area contributed by atoms with E-state index >= 15 is 0 Å². The molecular weight excluding hydrogens is 624 g/mol. The monoisotopic (exact) mass is 656 g/mol. The average Bonchev–Trinajstić information content (AvgIpc) is 3.50. The number of hydrogen-bond acceptors (Lipinski definition) is 10. The van der Waals surface area contributed by atoms with Gasteiger partial charge in [0.25, 0.3) is 11.4 Å². The summed E-state index contributed by atoms with van der Waals surface area (Å²) in [7, 11) is 0. The summed E-state index contributed by atoms with van der Waals surface area (Å²) in [5.41, 5.74) is 3.60. The molecule has 1 heterocycles. The smallest absolute Gasteiger partial charge is 0.410 e. The molecule has 48 heavy (non-hydrogen) atoms. The number of likely N-dealkylation sites (tertiary alicyclic amines) is 1. The molecule has 14 heteroatoms. The Morgan fingerprint density at radius 1 is 0.812 bits per heavy atom. The van der Waals surface area contributed by atoms with Gasteiger partial charge in [-0.05, 0) is 76.2 Å². The van der Waals surface area contributed by atoms with E-state index in [1.54, 1.807) is 12.1 Å². The number of carbonyl (C=O) groups is 2. The van der Waals surface area contributed by atoms with Crippen molar-refractivity contribution in [2.75, 3.05) is 6.54 Å². The van der Waals surface area contributed by atoms with Crippen LogP contribution in [0.3, 0.4) is 0 Å². The van der Waals surface area contributed by atoms with E-state index in [1.807, 2.05) is 36.4 Å². The van der Waals surface area contributed by atoms with Gasteiger partial charge in [0, 0.05) is 30.8 Å². The van der Waals surface area contributed by atoms with E-state index in [0.29, 0.717) is 22.3 Å². The predicted molar refractivity (Wildman–Crippen MR) is 171 cm³/mol. The minimum Gasteiger partial charge on any atom is -0.445 e. The van der Waals surface area contributed by atoms with Gasteiger partial charge in [0.05, 0.1) is 34.6 Å². The molecule has 0 aliphatic carbocycles. The first-order valence-corrected chi connectivity index (χ1v) is 14.9. The fraction of sp³-hybridized carbons (Fsp3) is 0.235. The standard InChI is InChI=1S/C34H32N4O10/c39-30-17-31(36(19-30)34(42)48-21-23-8-12-29(13-9-23)38(45)46)32(40)27-15-24(14-26(16-27)25-4-2-1-3-5-25)18-35-33(41)47-20-22-6-10-28(11-7-22)37(43)44/h1-16,30-32,39-40H,17-21H2,(H,35,41). The zero-order chi connectivity index (χ0) is 34.2. The number of ether oxygens (including phenoxy) is 2. The van der Waals surface area contributed by atoms with Crippen LogP contribution in [-0.4, -0.2) is 55.8 Å². The largest absolute Gasteiger partial charge is 0.445 e. The summed E-state index contributed by atoms with van der Waals surface area (Å²) < 4.78 is 10.7. The van der Waals surface area contributed by atoms with Crippen LogP contribution in [0.5, 0.6) is 0 Å². The molecule has 0 spiro atoms. The molecule has 3 atom stereocenters. The maximum atomic E-state index is 13.1. The third-order valence-corrected chi connectivity index (χ3v) is 7.85. The number of hydrogen-bond donors (Lipinski definition) is 3. The Bertz CT molecular complexity index is 1770. The molecule has 3 N–H and O–H groups in total. The van der Waals surface area contributed by atoms with Crippen LogP contribution in [0.4, 0.5) is 21.0 Å². The molecule has 5 rings (SSSR count). The number of aliphatic hydroxyl groups excluding tert-OH is 2. The lowest BCUT2D eigenvalue weighted by atomic mass is 9.93. The summed E-state index contributed by atoms with van der Waals surface area (Å²) in [4.78, 5) is 47.6. The van der Waals surface area contributed by atoms with Gasteiger partial charge in [-0.3, -0.25) is 25.1 Å². The fourth-order valence-corrected chi connectivity index (χ4v) is 5.39. The number of β-amino-alcohol motifs (C(OH)–C–C–N with tert-alkyl or cyclic N) is 1. The Kier molecular flexibility index (Phi) is 10.6. The summed E-state index contributed by atoms with van der Waals surface area (Å²) in [5, 5.41) is 46.5. The van der Waals surface area contributed by atoms with Gasteiger partial charge in [-0.15, -0.1) is 0 Å². The zero-order valence-electron chi connectivity index (χ0n) is 25.5. The number of amides is 2. The highest BCUT2D eigenvalue weighted by Crippen LogP contribution is 2.33. The van der Waals surface area contributed by atoms with E-state index < -0.39 is 40.3 Å². The van der Waals surface area contributed by atoms with Gasteiger partial charge in [0.2, 0.25) is 0 Å². The maximum Gasteiger partial charge on any atom is 0.410 e. The Hall–Kier alpha value is -5.86. The number of aliphatic hydroxyl groups is 2. The second-order valence-corrected chi connectivity index (χ2v) is 11.2. The van der Waals surface area contributed by atoms with Gasteiger partial charge in [-0.1, -0.05) is 36.4 Å². The van der Waals surface area contributed by atoms with Gasteiger partial charge < -0.3 is 25.0 Å². The third kappa shape index (κ3) is 8.48. The minimum atomic E-state index is -1.23. The van der Waals surface area contributed by atoms with Crippen LogP contribution < -0.4 is 5.32 Å². The number of non-ortho nitro benzene ring substituents is 2. The lowest BCUT2D eigenvalue weighted by Gasteiger charge is -2.28. The molecule has 0 saturated carbocycles. The normalized spacial score (nSPS) is 16.2. The molecule has 2 amide bonds. The number of rotatable bonds is 11. The fourth-order valence-electron chi connectivity index (χ4n) is 5.39. The van der Waals surface area contributed by atoms with Gasteiger partial charge >= 0.3 is 12.2 Å². The molecule has 1 fully saturated rings. The number of nitro groups is 2. The predicted octanol–water partition coefficient (Wildman–Crippen LogP) is 5.40. The van der Waals surface area contributed by atoms with E-state index in [1.165, 1.54) is 53.4 Å². The molecule has 0 bridgehead atoms. The van der Waals surface area contributed by atoms with Crippen molar-refractivity contribution in [1.29, 1.82) is 0 Å². The highest BCUT2D eigenvalue weighted by Gasteiger charge is 2.40. The summed E-state index contributed by atoms with van der Waals surface area (Å²) >= 11 is 0. The number of carbonyl (C=O) groups excluding carboxylic acids is 2. The Morgan fingerprint density at radius 2 is 1.40 bits per heavy atom. The second-order valence-electron chi connectivity index (χ2n) is 11.2. The second kappa shape index (κ2) is 15.2. The van der Waals surface area contributed by atoms with Crippen LogP contribution in [0.25, 0.3) is 11.1 Å². The van der Waals surface area contributed by atoms with Crippen molar-refractivity contribution in [1.82, 2.24) is 10.2 Å². The number of alkyl carbamates (subject to hydrolysis) is 1. The van der Waals surface area contributed by atoms with Crippen molar-refractivity contribution in [2.45, 2.75) is 44.4 Å². The van der Waals surface area contributed by atoms with Gasteiger partial charge in [-0.2, -0.15) is 0 Å². The molecule has 4 aromatic rings. The molecule has 1 aliphatic heterocycles. The van der Waals surface area contributed by atoms with E-state index in [2.05, 4.69) is 5.32 Å². The first-order valence-electron chi connectivity index (χ1n) is 14.9. The molecule has 14 nitrogen and oxygen atoms in total. The first kappa shape index (κ1) is 33.5. The lowest BCUT2D eigenvalue weighted by Crippen LogP contribution is -2.39. The molecule has 0 radical (unpaired) electrons. The summed E-state index contributed by atoms with van der Waals surface area (Å²) in [6, 6.07) is 25.1. The summed E-state index contributed by atoms with van der Waals surface area (Å²) in [6.45, 7) is -0.286. The van der Waals surface area contributed by atoms with Crippen molar-refractivity contribution >= 4 is 23.6 Å². The molecule has 248 valence electrons. The van der Waals surface area contributed by atoms with Gasteiger partial charge in [-0.25, -0.2) is 9.59 Å². The van der Waals surface area contributed by atoms with Crippen molar-refractivity contribution in [2.24, 2.45) is 0 Å². The molecule has 1 saturated heterocycles. The van der Waals surface area contributed by atoms with Crippen molar-refractivity contribution in [3.63, 3.8) is 0 Å². The lowest BCUT2D eigenvalue weighted by molar-refractivity contribution is -0.385. The third-order valence-electron chi connectivity index (χ3n) is 7.85. The van der Waals surface area contributed by atoms with Crippen molar-refractivity contribution in [3.05, 3.63) is 140 Å². The van der Waals surface area contributed by atoms with Crippen LogP contribution in [0.2, 0.25) is 0 Å². The molecule has 0 aromatic heterocycles. The van der Waals surface area contributed by atoms with Gasteiger partial charge in [0.15, 0.2) is 0 Å². The highest BCUT2D eigenvalue weighted by molar-refractivity contribution is 5.70. The quantitative estimate of drug-likeness (QED) is 0.139. The summed E-state index contributed by atoms with van der Waals surface area (Å²) in [6.07, 6.45) is -3.52. The molecule has 4 aromatic carbocycles. The number of nitro benzene ring substituents is 2. The van der Waals surface area contributed by atoms with Crippen LogP contribution in [-0.2, 0) is 29.2 Å². The van der Waals surface area contributed by atoms with E-state index in [0.717, 1.165) is 11.1 Å². The van der Waals surface area contributed by atoms with Crippen molar-refractivity contribution < 1.29 is 39.1 Å². The highest BCUT2D eigenvalue weighted by atomic mass is 16.6. The van der Waals surface area contributed by atoms with Crippen LogP contribution in [0.1, 0.15) is 34.8 Å². The Labute approximate surface area is 274 Å². The van der Waals surface area contributed by atoms with Crippen LogP contribution in [0.15, 0.2) is 97.1 Å². The van der Waals surface area contributed by atoms with Crippen LogP contribution >= 0.6 is 0 Å². The topological polar surface area (TPSA) is 195 Å². The molecule has 3 unspecified atom stereocenters. The average molecular weight is 657 g/mol. The van der Waals surface area contributed by atoms with Crippen LogP contribution in [0, 0.1) is 20.2 Å².